The topological polar surface area (TPSA) is 84.2 Å². The van der Waals surface area contributed by atoms with Crippen LogP contribution in [0.3, 0.4) is 0 Å². The number of aromatic nitrogens is 2. The van der Waals surface area contributed by atoms with E-state index in [1.165, 1.54) is 5.56 Å². The highest BCUT2D eigenvalue weighted by molar-refractivity contribution is 5.85. The Bertz CT molecular complexity index is 739. The van der Waals surface area contributed by atoms with Gasteiger partial charge in [-0.15, -0.1) is 0 Å². The van der Waals surface area contributed by atoms with Gasteiger partial charge >= 0.3 is 5.97 Å². The van der Waals surface area contributed by atoms with Crippen LogP contribution in [-0.2, 0) is 35.9 Å². The number of hydrogen-bond acceptors (Lipinski definition) is 3. The first-order valence-electron chi connectivity index (χ1n) is 8.11. The second kappa shape index (κ2) is 6.86. The molecular weight excluding hydrogens is 306 g/mol. The third-order valence-electron chi connectivity index (χ3n) is 4.62. The van der Waals surface area contributed by atoms with Crippen molar-refractivity contribution in [2.24, 2.45) is 13.0 Å². The molecule has 0 saturated heterocycles. The molecule has 2 N–H and O–H groups in total. The molecule has 1 aromatic heterocycles. The molecular formula is C18H21N3O3. The van der Waals surface area contributed by atoms with E-state index >= 15 is 0 Å². The standard InChI is InChI=1S/C18H21N3O3/c1-21-16-10-13(7-8-14(16)11-19-21)17(22)20-15(18(23)24)9-12-5-3-2-4-6-12/h2-6,11,13,15H,7-10H2,1H3,(H,20,22)(H,23,24)/t13?,15-/m0/s1. The minimum Gasteiger partial charge on any atom is -0.480 e. The molecule has 0 aliphatic heterocycles. The summed E-state index contributed by atoms with van der Waals surface area (Å²) in [4.78, 5) is 24.0. The first kappa shape index (κ1) is 16.2. The van der Waals surface area contributed by atoms with Crippen molar-refractivity contribution in [3.63, 3.8) is 0 Å². The summed E-state index contributed by atoms with van der Waals surface area (Å²) < 4.78 is 1.80. The minimum absolute atomic E-state index is 0.190. The second-order valence-corrected chi connectivity index (χ2v) is 6.27. The highest BCUT2D eigenvalue weighted by Crippen LogP contribution is 2.25. The molecule has 6 nitrogen and oxygen atoms in total. The molecule has 0 bridgehead atoms. The van der Waals surface area contributed by atoms with Gasteiger partial charge in [-0.2, -0.15) is 5.10 Å². The quantitative estimate of drug-likeness (QED) is 0.868. The van der Waals surface area contributed by atoms with E-state index in [2.05, 4.69) is 10.4 Å². The summed E-state index contributed by atoms with van der Waals surface area (Å²) in [7, 11) is 1.87. The molecule has 1 aliphatic carbocycles. The fourth-order valence-corrected chi connectivity index (χ4v) is 3.21. The van der Waals surface area contributed by atoms with Crippen molar-refractivity contribution in [2.45, 2.75) is 31.7 Å². The van der Waals surface area contributed by atoms with Crippen molar-refractivity contribution in [3.8, 4) is 0 Å². The van der Waals surface area contributed by atoms with Crippen molar-refractivity contribution >= 4 is 11.9 Å². The molecule has 0 fully saturated rings. The number of carboxylic acids is 1. The Morgan fingerprint density at radius 3 is 2.83 bits per heavy atom. The monoisotopic (exact) mass is 327 g/mol. The molecule has 1 unspecified atom stereocenters. The zero-order chi connectivity index (χ0) is 17.1. The van der Waals surface area contributed by atoms with E-state index in [1.54, 1.807) is 4.68 Å². The average Bonchev–Trinajstić information content (AvgIpc) is 2.95. The Morgan fingerprint density at radius 1 is 1.38 bits per heavy atom. The van der Waals surface area contributed by atoms with E-state index in [4.69, 9.17) is 0 Å². The molecule has 1 aliphatic rings. The first-order chi connectivity index (χ1) is 11.5. The number of hydrogen-bond donors (Lipinski definition) is 2. The van der Waals surface area contributed by atoms with Gasteiger partial charge < -0.3 is 10.4 Å². The molecule has 3 rings (SSSR count). The van der Waals surface area contributed by atoms with Crippen molar-refractivity contribution in [1.82, 2.24) is 15.1 Å². The van der Waals surface area contributed by atoms with Crippen LogP contribution in [0.15, 0.2) is 36.5 Å². The number of carboxylic acid groups (broad SMARTS) is 1. The molecule has 1 amide bonds. The zero-order valence-corrected chi connectivity index (χ0v) is 13.6. The Kier molecular flexibility index (Phi) is 4.64. The second-order valence-electron chi connectivity index (χ2n) is 6.27. The number of nitrogens with one attached hydrogen (secondary N) is 1. The van der Waals surface area contributed by atoms with Gasteiger partial charge in [0.15, 0.2) is 0 Å². The molecule has 0 radical (unpaired) electrons. The van der Waals surface area contributed by atoms with Gasteiger partial charge in [0, 0.05) is 31.5 Å². The van der Waals surface area contributed by atoms with Gasteiger partial charge in [0.25, 0.3) is 0 Å². The van der Waals surface area contributed by atoms with E-state index in [9.17, 15) is 14.7 Å². The Balaban J connectivity index is 1.66. The van der Waals surface area contributed by atoms with E-state index in [0.29, 0.717) is 6.42 Å². The van der Waals surface area contributed by atoms with Gasteiger partial charge in [0.05, 0.1) is 6.20 Å². The average molecular weight is 327 g/mol. The van der Waals surface area contributed by atoms with E-state index < -0.39 is 12.0 Å². The van der Waals surface area contributed by atoms with Gasteiger partial charge in [-0.1, -0.05) is 30.3 Å². The smallest absolute Gasteiger partial charge is 0.326 e. The Labute approximate surface area is 140 Å². The number of benzene rings is 1. The molecule has 2 atom stereocenters. The lowest BCUT2D eigenvalue weighted by Gasteiger charge is -2.24. The fourth-order valence-electron chi connectivity index (χ4n) is 3.21. The molecule has 24 heavy (non-hydrogen) atoms. The maximum atomic E-state index is 12.5. The highest BCUT2D eigenvalue weighted by Gasteiger charge is 2.30. The summed E-state index contributed by atoms with van der Waals surface area (Å²) in [6, 6.07) is 8.43. The van der Waals surface area contributed by atoms with Crippen LogP contribution in [0.5, 0.6) is 0 Å². The maximum Gasteiger partial charge on any atom is 0.326 e. The lowest BCUT2D eigenvalue weighted by Crippen LogP contribution is -2.46. The lowest BCUT2D eigenvalue weighted by molar-refractivity contribution is -0.142. The lowest BCUT2D eigenvalue weighted by atomic mass is 9.87. The highest BCUT2D eigenvalue weighted by atomic mass is 16.4. The Morgan fingerprint density at radius 2 is 2.12 bits per heavy atom. The third-order valence-corrected chi connectivity index (χ3v) is 4.62. The molecule has 0 saturated carbocycles. The van der Waals surface area contributed by atoms with Gasteiger partial charge in [-0.3, -0.25) is 9.48 Å². The summed E-state index contributed by atoms with van der Waals surface area (Å²) in [6.45, 7) is 0. The van der Waals surface area contributed by atoms with Gasteiger partial charge in [-0.25, -0.2) is 4.79 Å². The van der Waals surface area contributed by atoms with Crippen LogP contribution < -0.4 is 5.32 Å². The van der Waals surface area contributed by atoms with Gasteiger partial charge in [0.2, 0.25) is 5.91 Å². The van der Waals surface area contributed by atoms with E-state index in [-0.39, 0.29) is 18.2 Å². The summed E-state index contributed by atoms with van der Waals surface area (Å²) in [5.74, 6) is -1.40. The summed E-state index contributed by atoms with van der Waals surface area (Å²) in [6.07, 6.45) is 4.26. The number of nitrogens with zero attached hydrogens (tertiary/aromatic N) is 2. The first-order valence-corrected chi connectivity index (χ1v) is 8.11. The summed E-state index contributed by atoms with van der Waals surface area (Å²) >= 11 is 0. The number of carbonyl (C=O) groups is 2. The minimum atomic E-state index is -1.01. The number of aliphatic carboxylic acids is 1. The number of amides is 1. The van der Waals surface area contributed by atoms with Gasteiger partial charge in [0.1, 0.15) is 6.04 Å². The fraction of sp³-hybridized carbons (Fsp3) is 0.389. The number of aryl methyl sites for hydroxylation is 2. The molecule has 2 aromatic rings. The van der Waals surface area contributed by atoms with Crippen LogP contribution in [-0.4, -0.2) is 32.8 Å². The van der Waals surface area contributed by atoms with Crippen molar-refractivity contribution < 1.29 is 14.7 Å². The molecule has 6 heteroatoms. The van der Waals surface area contributed by atoms with Crippen molar-refractivity contribution in [3.05, 3.63) is 53.3 Å². The van der Waals surface area contributed by atoms with E-state index in [1.807, 2.05) is 43.6 Å². The number of carbonyl (C=O) groups excluding carboxylic acids is 1. The largest absolute Gasteiger partial charge is 0.480 e. The van der Waals surface area contributed by atoms with Crippen LogP contribution in [0.4, 0.5) is 0 Å². The maximum absolute atomic E-state index is 12.5. The summed E-state index contributed by atoms with van der Waals surface area (Å²) in [5, 5.41) is 16.4. The van der Waals surface area contributed by atoms with E-state index in [0.717, 1.165) is 24.1 Å². The molecule has 1 aromatic carbocycles. The third kappa shape index (κ3) is 3.48. The van der Waals surface area contributed by atoms with Crippen molar-refractivity contribution in [1.29, 1.82) is 0 Å². The number of rotatable bonds is 5. The van der Waals surface area contributed by atoms with Crippen LogP contribution >= 0.6 is 0 Å². The molecule has 126 valence electrons. The summed E-state index contributed by atoms with van der Waals surface area (Å²) in [5.41, 5.74) is 3.14. The Hall–Kier alpha value is -2.63. The van der Waals surface area contributed by atoms with Crippen LogP contribution in [0.25, 0.3) is 0 Å². The zero-order valence-electron chi connectivity index (χ0n) is 13.6. The van der Waals surface area contributed by atoms with Crippen LogP contribution in [0.1, 0.15) is 23.2 Å². The SMILES string of the molecule is Cn1ncc2c1CC(C(=O)N[C@@H](Cc1ccccc1)C(=O)O)CC2. The van der Waals surface area contributed by atoms with Crippen molar-refractivity contribution in [2.75, 3.05) is 0 Å². The normalized spacial score (nSPS) is 17.8. The predicted octanol–water partition coefficient (Wildman–Crippen LogP) is 1.34. The van der Waals surface area contributed by atoms with Crippen LogP contribution in [0, 0.1) is 5.92 Å². The molecule has 1 heterocycles. The predicted molar refractivity (Wildman–Crippen MR) is 88.4 cm³/mol. The molecule has 0 spiro atoms. The van der Waals surface area contributed by atoms with Gasteiger partial charge in [-0.05, 0) is 24.0 Å². The number of fused-ring (bicyclic) bond motifs is 1. The van der Waals surface area contributed by atoms with Crippen LogP contribution in [0.2, 0.25) is 0 Å².